The Hall–Kier alpha value is -0.490. The van der Waals surface area contributed by atoms with Crippen molar-refractivity contribution in [2.45, 2.75) is 32.6 Å². The van der Waals surface area contributed by atoms with Crippen LogP contribution >= 0.6 is 11.6 Å². The predicted molar refractivity (Wildman–Crippen MR) is 64.0 cm³/mol. The maximum Gasteiger partial charge on any atom is 0.0292 e. The van der Waals surface area contributed by atoms with Gasteiger partial charge in [-0.15, -0.1) is 11.6 Å². The molecule has 0 saturated carbocycles. The average molecular weight is 211 g/mol. The fraction of sp³-hybridized carbons (Fsp3) is 0.538. The summed E-state index contributed by atoms with van der Waals surface area (Å²) >= 11 is 5.99. The molecular weight excluding hydrogens is 192 g/mol. The molecule has 0 aromatic heterocycles. The highest BCUT2D eigenvalue weighted by Gasteiger charge is 2.10. The molecule has 0 fully saturated rings. The first kappa shape index (κ1) is 11.6. The fourth-order valence-electron chi connectivity index (χ4n) is 1.59. The molecule has 0 aliphatic rings. The molecule has 14 heavy (non-hydrogen) atoms. The van der Waals surface area contributed by atoms with Gasteiger partial charge in [-0.25, -0.2) is 0 Å². The first-order valence-electron chi connectivity index (χ1n) is 5.35. The van der Waals surface area contributed by atoms with Crippen LogP contribution in [0.2, 0.25) is 0 Å². The SMILES string of the molecule is CC(C)CCC(CCl)c1ccccc1. The summed E-state index contributed by atoms with van der Waals surface area (Å²) < 4.78 is 0. The Morgan fingerprint density at radius 3 is 2.21 bits per heavy atom. The summed E-state index contributed by atoms with van der Waals surface area (Å²) in [7, 11) is 0. The van der Waals surface area contributed by atoms with Gasteiger partial charge < -0.3 is 0 Å². The van der Waals surface area contributed by atoms with Gasteiger partial charge in [0.2, 0.25) is 0 Å². The molecule has 1 aromatic rings. The lowest BCUT2D eigenvalue weighted by molar-refractivity contribution is 0.519. The van der Waals surface area contributed by atoms with Gasteiger partial charge >= 0.3 is 0 Å². The van der Waals surface area contributed by atoms with Crippen molar-refractivity contribution < 1.29 is 0 Å². The zero-order chi connectivity index (χ0) is 10.4. The molecule has 78 valence electrons. The zero-order valence-electron chi connectivity index (χ0n) is 9.04. The molecule has 0 spiro atoms. The van der Waals surface area contributed by atoms with E-state index in [9.17, 15) is 0 Å². The van der Waals surface area contributed by atoms with Gasteiger partial charge in [0, 0.05) is 5.88 Å². The van der Waals surface area contributed by atoms with E-state index in [1.54, 1.807) is 0 Å². The summed E-state index contributed by atoms with van der Waals surface area (Å²) in [6.07, 6.45) is 2.46. The Morgan fingerprint density at radius 1 is 1.07 bits per heavy atom. The molecule has 0 aliphatic heterocycles. The third-order valence-electron chi connectivity index (χ3n) is 2.55. The molecule has 0 bridgehead atoms. The normalized spacial score (nSPS) is 13.1. The minimum Gasteiger partial charge on any atom is -0.126 e. The van der Waals surface area contributed by atoms with Gasteiger partial charge in [-0.1, -0.05) is 50.6 Å². The van der Waals surface area contributed by atoms with E-state index in [2.05, 4.69) is 44.2 Å². The van der Waals surface area contributed by atoms with Crippen LogP contribution in [0.15, 0.2) is 30.3 Å². The highest BCUT2D eigenvalue weighted by molar-refractivity contribution is 6.18. The van der Waals surface area contributed by atoms with E-state index in [1.807, 2.05) is 0 Å². The Kier molecular flexibility index (Phi) is 5.03. The van der Waals surface area contributed by atoms with E-state index in [-0.39, 0.29) is 0 Å². The van der Waals surface area contributed by atoms with Crippen molar-refractivity contribution in [2.24, 2.45) is 5.92 Å². The van der Waals surface area contributed by atoms with Gasteiger partial charge in [0.05, 0.1) is 0 Å². The Labute approximate surface area is 92.3 Å². The number of rotatable bonds is 5. The van der Waals surface area contributed by atoms with Gasteiger partial charge in [-0.2, -0.15) is 0 Å². The molecule has 1 heteroatoms. The predicted octanol–water partition coefficient (Wildman–Crippen LogP) is 4.45. The lowest BCUT2D eigenvalue weighted by Gasteiger charge is -2.15. The third kappa shape index (κ3) is 3.71. The summed E-state index contributed by atoms with van der Waals surface area (Å²) in [5, 5.41) is 0. The second-order valence-corrected chi connectivity index (χ2v) is 4.54. The molecule has 0 amide bonds. The lowest BCUT2D eigenvalue weighted by atomic mass is 9.93. The molecular formula is C13H19Cl. The van der Waals surface area contributed by atoms with Crippen molar-refractivity contribution >= 4 is 11.6 Å². The molecule has 1 aromatic carbocycles. The van der Waals surface area contributed by atoms with Crippen LogP contribution in [0, 0.1) is 5.92 Å². The van der Waals surface area contributed by atoms with Crippen molar-refractivity contribution in [3.8, 4) is 0 Å². The number of alkyl halides is 1. The van der Waals surface area contributed by atoms with Gasteiger partial charge in [0.1, 0.15) is 0 Å². The van der Waals surface area contributed by atoms with Crippen molar-refractivity contribution in [1.82, 2.24) is 0 Å². The Balaban J connectivity index is 2.54. The molecule has 0 saturated heterocycles. The molecule has 0 nitrogen and oxygen atoms in total. The van der Waals surface area contributed by atoms with Gasteiger partial charge in [-0.3, -0.25) is 0 Å². The molecule has 0 radical (unpaired) electrons. The van der Waals surface area contributed by atoms with Crippen molar-refractivity contribution in [3.05, 3.63) is 35.9 Å². The van der Waals surface area contributed by atoms with Crippen LogP contribution in [0.4, 0.5) is 0 Å². The maximum atomic E-state index is 5.99. The summed E-state index contributed by atoms with van der Waals surface area (Å²) in [6.45, 7) is 4.52. The maximum absolute atomic E-state index is 5.99. The van der Waals surface area contributed by atoms with Crippen LogP contribution < -0.4 is 0 Å². The molecule has 0 heterocycles. The van der Waals surface area contributed by atoms with Crippen LogP contribution in [0.5, 0.6) is 0 Å². The molecule has 1 rings (SSSR count). The summed E-state index contributed by atoms with van der Waals surface area (Å²) in [5.41, 5.74) is 1.38. The van der Waals surface area contributed by atoms with Crippen LogP contribution in [-0.2, 0) is 0 Å². The van der Waals surface area contributed by atoms with Gasteiger partial charge in [-0.05, 0) is 23.8 Å². The Morgan fingerprint density at radius 2 is 1.71 bits per heavy atom. The van der Waals surface area contributed by atoms with Gasteiger partial charge in [0.15, 0.2) is 0 Å². The number of hydrogen-bond acceptors (Lipinski definition) is 0. The number of hydrogen-bond donors (Lipinski definition) is 0. The monoisotopic (exact) mass is 210 g/mol. The van der Waals surface area contributed by atoms with Crippen molar-refractivity contribution in [1.29, 1.82) is 0 Å². The standard InChI is InChI=1S/C13H19Cl/c1-11(2)8-9-13(10-14)12-6-4-3-5-7-12/h3-7,11,13H,8-10H2,1-2H3. The molecule has 0 N–H and O–H groups in total. The first-order valence-corrected chi connectivity index (χ1v) is 5.88. The summed E-state index contributed by atoms with van der Waals surface area (Å²) in [4.78, 5) is 0. The van der Waals surface area contributed by atoms with Gasteiger partial charge in [0.25, 0.3) is 0 Å². The van der Waals surface area contributed by atoms with Crippen LogP contribution in [0.3, 0.4) is 0 Å². The Bertz CT molecular complexity index is 241. The van der Waals surface area contributed by atoms with Crippen LogP contribution in [0.25, 0.3) is 0 Å². The topological polar surface area (TPSA) is 0 Å². The molecule has 1 atom stereocenters. The fourth-order valence-corrected chi connectivity index (χ4v) is 1.93. The minimum absolute atomic E-state index is 0.528. The van der Waals surface area contributed by atoms with Crippen molar-refractivity contribution in [3.63, 3.8) is 0 Å². The summed E-state index contributed by atoms with van der Waals surface area (Å²) in [5.74, 6) is 2.03. The largest absolute Gasteiger partial charge is 0.126 e. The highest BCUT2D eigenvalue weighted by atomic mass is 35.5. The first-order chi connectivity index (χ1) is 6.74. The average Bonchev–Trinajstić information content (AvgIpc) is 2.20. The highest BCUT2D eigenvalue weighted by Crippen LogP contribution is 2.24. The smallest absolute Gasteiger partial charge is 0.0292 e. The van der Waals surface area contributed by atoms with E-state index in [0.717, 1.165) is 11.8 Å². The third-order valence-corrected chi connectivity index (χ3v) is 2.92. The van der Waals surface area contributed by atoms with E-state index >= 15 is 0 Å². The lowest BCUT2D eigenvalue weighted by Crippen LogP contribution is -2.02. The van der Waals surface area contributed by atoms with Crippen molar-refractivity contribution in [2.75, 3.05) is 5.88 Å². The second-order valence-electron chi connectivity index (χ2n) is 4.23. The number of halogens is 1. The molecule has 1 unspecified atom stereocenters. The molecule has 0 aliphatic carbocycles. The summed E-state index contributed by atoms with van der Waals surface area (Å²) in [6, 6.07) is 10.6. The second kappa shape index (κ2) is 6.08. The van der Waals surface area contributed by atoms with Crippen LogP contribution in [0.1, 0.15) is 38.2 Å². The van der Waals surface area contributed by atoms with E-state index in [0.29, 0.717) is 5.92 Å². The quantitative estimate of drug-likeness (QED) is 0.631. The van der Waals surface area contributed by atoms with E-state index in [4.69, 9.17) is 11.6 Å². The van der Waals surface area contributed by atoms with E-state index < -0.39 is 0 Å². The minimum atomic E-state index is 0.528. The van der Waals surface area contributed by atoms with E-state index in [1.165, 1.54) is 18.4 Å². The number of benzene rings is 1. The van der Waals surface area contributed by atoms with Crippen LogP contribution in [-0.4, -0.2) is 5.88 Å². The zero-order valence-corrected chi connectivity index (χ0v) is 9.80.